The maximum absolute atomic E-state index is 12.3. The quantitative estimate of drug-likeness (QED) is 0.775. The van der Waals surface area contributed by atoms with E-state index in [1.807, 2.05) is 0 Å². The van der Waals surface area contributed by atoms with Gasteiger partial charge in [0.2, 0.25) is 0 Å². The number of rotatable bonds is 4. The van der Waals surface area contributed by atoms with Crippen molar-refractivity contribution in [2.24, 2.45) is 0 Å². The normalized spacial score (nSPS) is 13.2. The fourth-order valence-electron chi connectivity index (χ4n) is 0.969. The summed E-state index contributed by atoms with van der Waals surface area (Å²) in [5.74, 6) is -1.25. The molecule has 0 fully saturated rings. The Morgan fingerprint density at radius 3 is 2.69 bits per heavy atom. The Labute approximate surface area is 72.8 Å². The van der Waals surface area contributed by atoms with Crippen molar-refractivity contribution in [3.63, 3.8) is 0 Å². The molecule has 13 heavy (non-hydrogen) atoms. The van der Waals surface area contributed by atoms with E-state index >= 15 is 0 Å². The molecular formula is C7H8F2N2O2. The second kappa shape index (κ2) is 3.97. The van der Waals surface area contributed by atoms with Gasteiger partial charge in [-0.3, -0.25) is 4.79 Å². The zero-order valence-electron chi connectivity index (χ0n) is 6.60. The van der Waals surface area contributed by atoms with Crippen molar-refractivity contribution in [3.05, 3.63) is 18.7 Å². The van der Waals surface area contributed by atoms with E-state index in [4.69, 9.17) is 5.11 Å². The molecule has 1 unspecified atom stereocenters. The van der Waals surface area contributed by atoms with Crippen LogP contribution in [0.1, 0.15) is 12.5 Å². The first kappa shape index (κ1) is 9.63. The van der Waals surface area contributed by atoms with Gasteiger partial charge in [-0.15, -0.1) is 0 Å². The summed E-state index contributed by atoms with van der Waals surface area (Å²) in [5, 5.41) is 8.36. The topological polar surface area (TPSA) is 55.1 Å². The summed E-state index contributed by atoms with van der Waals surface area (Å²) in [5.41, 5.74) is 0. The Bertz CT molecular complexity index is 274. The number of nitrogens with zero attached hydrogens (tertiary/aromatic N) is 2. The van der Waals surface area contributed by atoms with Crippen LogP contribution in [0.3, 0.4) is 0 Å². The molecular weight excluding hydrogens is 182 g/mol. The third-order valence-corrected chi connectivity index (χ3v) is 1.58. The molecule has 1 aromatic heterocycles. The largest absolute Gasteiger partial charge is 0.481 e. The maximum atomic E-state index is 12.3. The van der Waals surface area contributed by atoms with Crippen LogP contribution < -0.4 is 0 Å². The molecule has 72 valence electrons. The molecule has 0 aromatic carbocycles. The van der Waals surface area contributed by atoms with E-state index in [-0.39, 0.29) is 0 Å². The summed E-state index contributed by atoms with van der Waals surface area (Å²) in [4.78, 5) is 13.8. The number of carboxylic acid groups (broad SMARTS) is 1. The third-order valence-electron chi connectivity index (χ3n) is 1.58. The smallest absolute Gasteiger partial charge is 0.305 e. The molecule has 0 bridgehead atoms. The highest BCUT2D eigenvalue weighted by atomic mass is 19.3. The van der Waals surface area contributed by atoms with Gasteiger partial charge in [-0.1, -0.05) is 0 Å². The zero-order valence-corrected chi connectivity index (χ0v) is 6.60. The Morgan fingerprint density at radius 2 is 2.31 bits per heavy atom. The predicted octanol–water partition coefficient (Wildman–Crippen LogP) is 1.16. The van der Waals surface area contributed by atoms with Crippen LogP contribution >= 0.6 is 0 Å². The summed E-state index contributed by atoms with van der Waals surface area (Å²) in [6.45, 7) is 0. The van der Waals surface area contributed by atoms with Crippen molar-refractivity contribution in [2.75, 3.05) is 0 Å². The van der Waals surface area contributed by atoms with Crippen molar-refractivity contribution in [2.45, 2.75) is 18.9 Å². The molecule has 0 aliphatic heterocycles. The molecule has 1 N–H and O–H groups in total. The van der Waals surface area contributed by atoms with Gasteiger partial charge in [-0.05, 0) is 0 Å². The van der Waals surface area contributed by atoms with Gasteiger partial charge in [0.25, 0.3) is 6.43 Å². The highest BCUT2D eigenvalue weighted by Gasteiger charge is 2.24. The van der Waals surface area contributed by atoms with E-state index < -0.39 is 24.9 Å². The molecule has 0 aliphatic rings. The monoisotopic (exact) mass is 190 g/mol. The lowest BCUT2D eigenvalue weighted by Crippen LogP contribution is -2.19. The third kappa shape index (κ3) is 2.50. The molecule has 0 aliphatic carbocycles. The van der Waals surface area contributed by atoms with Crippen LogP contribution in [0.5, 0.6) is 0 Å². The number of alkyl halides is 2. The first-order valence-corrected chi connectivity index (χ1v) is 3.58. The lowest BCUT2D eigenvalue weighted by molar-refractivity contribution is -0.139. The van der Waals surface area contributed by atoms with Crippen LogP contribution in [-0.2, 0) is 4.79 Å². The van der Waals surface area contributed by atoms with Gasteiger partial charge >= 0.3 is 5.97 Å². The van der Waals surface area contributed by atoms with E-state index in [0.717, 1.165) is 4.57 Å². The number of aliphatic carboxylic acids is 1. The van der Waals surface area contributed by atoms with Gasteiger partial charge in [-0.25, -0.2) is 13.8 Å². The Hall–Kier alpha value is -1.46. The minimum absolute atomic E-state index is 0.603. The van der Waals surface area contributed by atoms with E-state index in [1.54, 1.807) is 0 Å². The molecule has 1 atom stereocenters. The lowest BCUT2D eigenvalue weighted by Gasteiger charge is -2.14. The summed E-state index contributed by atoms with van der Waals surface area (Å²) in [6, 6.07) is -1.33. The number of carbonyl (C=O) groups is 1. The van der Waals surface area contributed by atoms with Crippen molar-refractivity contribution >= 4 is 5.97 Å². The van der Waals surface area contributed by atoms with E-state index in [9.17, 15) is 13.6 Å². The molecule has 6 heteroatoms. The SMILES string of the molecule is O=C(O)CC(C(F)F)n1ccnc1. The molecule has 1 heterocycles. The average molecular weight is 190 g/mol. The molecule has 0 radical (unpaired) electrons. The first-order valence-electron chi connectivity index (χ1n) is 3.58. The fraction of sp³-hybridized carbons (Fsp3) is 0.429. The van der Waals surface area contributed by atoms with E-state index in [0.29, 0.717) is 0 Å². The van der Waals surface area contributed by atoms with Crippen molar-refractivity contribution in [1.29, 1.82) is 0 Å². The fourth-order valence-corrected chi connectivity index (χ4v) is 0.969. The second-order valence-corrected chi connectivity index (χ2v) is 2.51. The molecule has 4 nitrogen and oxygen atoms in total. The molecule has 0 saturated carbocycles. The van der Waals surface area contributed by atoms with Gasteiger partial charge in [0, 0.05) is 12.4 Å². The lowest BCUT2D eigenvalue weighted by atomic mass is 10.2. The van der Waals surface area contributed by atoms with Crippen LogP contribution in [0.2, 0.25) is 0 Å². The average Bonchev–Trinajstić information content (AvgIpc) is 2.50. The van der Waals surface area contributed by atoms with Crippen LogP contribution in [0, 0.1) is 0 Å². The minimum atomic E-state index is -2.70. The Balaban J connectivity index is 2.74. The van der Waals surface area contributed by atoms with Gasteiger partial charge in [0.15, 0.2) is 0 Å². The number of carboxylic acids is 1. The van der Waals surface area contributed by atoms with Crippen molar-refractivity contribution < 1.29 is 18.7 Å². The van der Waals surface area contributed by atoms with Crippen LogP contribution in [0.4, 0.5) is 8.78 Å². The number of halogens is 2. The number of hydrogen-bond acceptors (Lipinski definition) is 2. The maximum Gasteiger partial charge on any atom is 0.305 e. The molecule has 0 spiro atoms. The summed E-state index contributed by atoms with van der Waals surface area (Å²) in [7, 11) is 0. The standard InChI is InChI=1S/C7H8F2N2O2/c8-7(9)5(3-6(12)13)11-2-1-10-4-11/h1-2,4-5,7H,3H2,(H,12,13). The summed E-state index contributed by atoms with van der Waals surface area (Å²) < 4.78 is 25.7. The Kier molecular flexibility index (Phi) is 2.94. The summed E-state index contributed by atoms with van der Waals surface area (Å²) >= 11 is 0. The van der Waals surface area contributed by atoms with Gasteiger partial charge in [0.1, 0.15) is 6.04 Å². The second-order valence-electron chi connectivity index (χ2n) is 2.51. The molecule has 1 aromatic rings. The summed E-state index contributed by atoms with van der Waals surface area (Å²) in [6.07, 6.45) is 0.524. The highest BCUT2D eigenvalue weighted by molar-refractivity contribution is 5.67. The first-order chi connectivity index (χ1) is 6.11. The van der Waals surface area contributed by atoms with E-state index in [1.165, 1.54) is 18.7 Å². The van der Waals surface area contributed by atoms with Gasteiger partial charge in [-0.2, -0.15) is 0 Å². The molecule has 0 saturated heterocycles. The van der Waals surface area contributed by atoms with Gasteiger partial charge in [0.05, 0.1) is 12.7 Å². The highest BCUT2D eigenvalue weighted by Crippen LogP contribution is 2.19. The number of hydrogen-bond donors (Lipinski definition) is 1. The molecule has 1 rings (SSSR count). The predicted molar refractivity (Wildman–Crippen MR) is 39.5 cm³/mol. The van der Waals surface area contributed by atoms with Crippen molar-refractivity contribution in [3.8, 4) is 0 Å². The number of aromatic nitrogens is 2. The van der Waals surface area contributed by atoms with Crippen LogP contribution in [0.25, 0.3) is 0 Å². The van der Waals surface area contributed by atoms with Crippen molar-refractivity contribution in [1.82, 2.24) is 9.55 Å². The molecule has 0 amide bonds. The van der Waals surface area contributed by atoms with Crippen LogP contribution in [0.15, 0.2) is 18.7 Å². The zero-order chi connectivity index (χ0) is 9.84. The minimum Gasteiger partial charge on any atom is -0.481 e. The van der Waals surface area contributed by atoms with E-state index in [2.05, 4.69) is 4.98 Å². The van der Waals surface area contributed by atoms with Gasteiger partial charge < -0.3 is 9.67 Å². The number of imidazole rings is 1. The Morgan fingerprint density at radius 1 is 1.62 bits per heavy atom. The van der Waals surface area contributed by atoms with Crippen LogP contribution in [-0.4, -0.2) is 27.1 Å².